The molecule has 0 aliphatic carbocycles. The molecule has 0 saturated heterocycles. The number of carbonyl (C=O) groups excluding carboxylic acids is 1. The number of carbonyl (C=O) groups is 2. The number of hydrogen-bond donors (Lipinski definition) is 4. The van der Waals surface area contributed by atoms with E-state index >= 15 is 0 Å². The van der Waals surface area contributed by atoms with Crippen LogP contribution < -0.4 is 11.0 Å². The fourth-order valence-corrected chi connectivity index (χ4v) is 2.01. The summed E-state index contributed by atoms with van der Waals surface area (Å²) in [4.78, 5) is 38.6. The Balaban J connectivity index is 2.02. The molecule has 0 saturated carbocycles. The molecular formula is C13H15N3O4. The van der Waals surface area contributed by atoms with E-state index in [0.29, 0.717) is 16.7 Å². The number of hydrogen-bond acceptors (Lipinski definition) is 3. The van der Waals surface area contributed by atoms with E-state index in [9.17, 15) is 14.4 Å². The number of benzene rings is 1. The second-order valence-corrected chi connectivity index (χ2v) is 4.79. The maximum atomic E-state index is 11.8. The number of fused-ring (bicyclic) bond motifs is 1. The molecular weight excluding hydrogens is 262 g/mol. The highest BCUT2D eigenvalue weighted by Crippen LogP contribution is 2.16. The topological polar surface area (TPSA) is 115 Å². The van der Waals surface area contributed by atoms with E-state index in [1.54, 1.807) is 25.1 Å². The van der Waals surface area contributed by atoms with Gasteiger partial charge < -0.3 is 20.4 Å². The predicted octanol–water partition coefficient (Wildman–Crippen LogP) is 1.30. The van der Waals surface area contributed by atoms with Gasteiger partial charge in [0, 0.05) is 18.5 Å². The second-order valence-electron chi connectivity index (χ2n) is 4.79. The Morgan fingerprint density at radius 2 is 1.95 bits per heavy atom. The minimum atomic E-state index is -0.920. The van der Waals surface area contributed by atoms with E-state index in [-0.39, 0.29) is 30.4 Å². The van der Waals surface area contributed by atoms with Crippen molar-refractivity contribution in [3.63, 3.8) is 0 Å². The van der Waals surface area contributed by atoms with Gasteiger partial charge in [-0.1, -0.05) is 6.92 Å². The lowest BCUT2D eigenvalue weighted by atomic mass is 10.0. The normalized spacial score (nSPS) is 12.2. The molecule has 1 atom stereocenters. The first kappa shape index (κ1) is 13.9. The summed E-state index contributed by atoms with van der Waals surface area (Å²) in [5.41, 5.74) is 1.51. The number of imidazole rings is 1. The van der Waals surface area contributed by atoms with Crippen LogP contribution in [0.3, 0.4) is 0 Å². The lowest BCUT2D eigenvalue weighted by molar-refractivity contribution is -0.138. The van der Waals surface area contributed by atoms with Gasteiger partial charge in [0.1, 0.15) is 0 Å². The number of nitrogens with one attached hydrogen (secondary N) is 3. The molecule has 7 nitrogen and oxygen atoms in total. The third kappa shape index (κ3) is 3.47. The van der Waals surface area contributed by atoms with Gasteiger partial charge in [-0.3, -0.25) is 9.59 Å². The van der Waals surface area contributed by atoms with Crippen molar-refractivity contribution in [2.24, 2.45) is 5.92 Å². The minimum absolute atomic E-state index is 0.0441. The van der Waals surface area contributed by atoms with Crippen molar-refractivity contribution in [1.29, 1.82) is 0 Å². The smallest absolute Gasteiger partial charge is 0.323 e. The van der Waals surface area contributed by atoms with Gasteiger partial charge in [0.25, 0.3) is 0 Å². The number of amides is 1. The van der Waals surface area contributed by atoms with Gasteiger partial charge in [-0.15, -0.1) is 0 Å². The highest BCUT2D eigenvalue weighted by atomic mass is 16.4. The summed E-state index contributed by atoms with van der Waals surface area (Å²) >= 11 is 0. The summed E-state index contributed by atoms with van der Waals surface area (Å²) in [5, 5.41) is 11.3. The predicted molar refractivity (Wildman–Crippen MR) is 73.6 cm³/mol. The van der Waals surface area contributed by atoms with Crippen molar-refractivity contribution >= 4 is 28.6 Å². The zero-order chi connectivity index (χ0) is 14.7. The number of aromatic amines is 2. The summed E-state index contributed by atoms with van der Waals surface area (Å²) in [6.45, 7) is 1.71. The Morgan fingerprint density at radius 3 is 2.65 bits per heavy atom. The van der Waals surface area contributed by atoms with Crippen LogP contribution in [-0.4, -0.2) is 27.0 Å². The van der Waals surface area contributed by atoms with Crippen LogP contribution in [0.15, 0.2) is 23.0 Å². The fourth-order valence-electron chi connectivity index (χ4n) is 2.01. The van der Waals surface area contributed by atoms with Gasteiger partial charge in [-0.25, -0.2) is 4.79 Å². The summed E-state index contributed by atoms with van der Waals surface area (Å²) in [6, 6.07) is 5.00. The van der Waals surface area contributed by atoms with Crippen LogP contribution >= 0.6 is 0 Å². The highest BCUT2D eigenvalue weighted by Gasteiger charge is 2.13. The molecule has 0 aliphatic rings. The quantitative estimate of drug-likeness (QED) is 0.659. The Kier molecular flexibility index (Phi) is 3.88. The monoisotopic (exact) mass is 277 g/mol. The molecule has 4 N–H and O–H groups in total. The molecule has 1 heterocycles. The third-order valence-corrected chi connectivity index (χ3v) is 2.86. The van der Waals surface area contributed by atoms with Crippen molar-refractivity contribution < 1.29 is 14.7 Å². The van der Waals surface area contributed by atoms with Crippen molar-refractivity contribution in [1.82, 2.24) is 9.97 Å². The molecule has 0 spiro atoms. The highest BCUT2D eigenvalue weighted by molar-refractivity contribution is 5.93. The summed E-state index contributed by atoms with van der Waals surface area (Å²) < 4.78 is 0. The van der Waals surface area contributed by atoms with E-state index in [1.165, 1.54) is 0 Å². The zero-order valence-electron chi connectivity index (χ0n) is 10.9. The number of H-pyrrole nitrogens is 2. The van der Waals surface area contributed by atoms with Crippen LogP contribution in [0, 0.1) is 5.92 Å². The van der Waals surface area contributed by atoms with Crippen LogP contribution in [-0.2, 0) is 9.59 Å². The molecule has 0 fully saturated rings. The molecule has 2 aromatic rings. The number of anilines is 1. The number of carboxylic acids is 1. The Morgan fingerprint density at radius 1 is 1.25 bits per heavy atom. The number of carboxylic acid groups (broad SMARTS) is 1. The molecule has 1 unspecified atom stereocenters. The van der Waals surface area contributed by atoms with Crippen molar-refractivity contribution in [3.05, 3.63) is 28.7 Å². The second kappa shape index (κ2) is 5.60. The molecule has 1 aromatic heterocycles. The SMILES string of the molecule is CC(CC(=O)O)CC(=O)Nc1ccc2[nH]c(=O)[nH]c2c1. The van der Waals surface area contributed by atoms with Crippen molar-refractivity contribution in [2.75, 3.05) is 5.32 Å². The molecule has 1 aromatic carbocycles. The summed E-state index contributed by atoms with van der Waals surface area (Å²) in [5.74, 6) is -1.41. The van der Waals surface area contributed by atoms with E-state index < -0.39 is 5.97 Å². The number of aliphatic carboxylic acids is 1. The first-order chi connectivity index (χ1) is 9.44. The standard InChI is InChI=1S/C13H15N3O4/c1-7(5-12(18)19)4-11(17)14-8-2-3-9-10(6-8)16-13(20)15-9/h2-3,6-7H,4-5H2,1H3,(H,14,17)(H,18,19)(H2,15,16,20). The number of rotatable bonds is 5. The van der Waals surface area contributed by atoms with Gasteiger partial charge in [0.15, 0.2) is 0 Å². The average molecular weight is 277 g/mol. The first-order valence-electron chi connectivity index (χ1n) is 6.17. The van der Waals surface area contributed by atoms with Crippen LogP contribution in [0.4, 0.5) is 5.69 Å². The Labute approximate surface area is 114 Å². The molecule has 1 amide bonds. The molecule has 7 heteroatoms. The largest absolute Gasteiger partial charge is 0.481 e. The van der Waals surface area contributed by atoms with Crippen molar-refractivity contribution in [2.45, 2.75) is 19.8 Å². The summed E-state index contributed by atoms with van der Waals surface area (Å²) in [7, 11) is 0. The first-order valence-corrected chi connectivity index (χ1v) is 6.17. The van der Waals surface area contributed by atoms with Crippen LogP contribution in [0.25, 0.3) is 11.0 Å². The fraction of sp³-hybridized carbons (Fsp3) is 0.308. The third-order valence-electron chi connectivity index (χ3n) is 2.86. The van der Waals surface area contributed by atoms with Crippen LogP contribution in [0.1, 0.15) is 19.8 Å². The van der Waals surface area contributed by atoms with Gasteiger partial charge >= 0.3 is 11.7 Å². The maximum absolute atomic E-state index is 11.8. The van der Waals surface area contributed by atoms with E-state index in [0.717, 1.165) is 0 Å². The average Bonchev–Trinajstić information content (AvgIpc) is 2.66. The van der Waals surface area contributed by atoms with Gasteiger partial charge in [0.05, 0.1) is 11.0 Å². The summed E-state index contributed by atoms with van der Waals surface area (Å²) in [6.07, 6.45) is 0.0889. The molecule has 2 rings (SSSR count). The van der Waals surface area contributed by atoms with E-state index in [1.807, 2.05) is 0 Å². The van der Waals surface area contributed by atoms with Gasteiger partial charge in [0.2, 0.25) is 5.91 Å². The van der Waals surface area contributed by atoms with Gasteiger partial charge in [-0.05, 0) is 24.1 Å². The Hall–Kier alpha value is -2.57. The van der Waals surface area contributed by atoms with Crippen LogP contribution in [0.2, 0.25) is 0 Å². The minimum Gasteiger partial charge on any atom is -0.481 e. The van der Waals surface area contributed by atoms with Gasteiger partial charge in [-0.2, -0.15) is 0 Å². The van der Waals surface area contributed by atoms with Crippen LogP contribution in [0.5, 0.6) is 0 Å². The van der Waals surface area contributed by atoms with E-state index in [2.05, 4.69) is 15.3 Å². The number of aromatic nitrogens is 2. The maximum Gasteiger partial charge on any atom is 0.323 e. The molecule has 0 aliphatic heterocycles. The Bertz CT molecular complexity index is 701. The van der Waals surface area contributed by atoms with Crippen molar-refractivity contribution in [3.8, 4) is 0 Å². The zero-order valence-corrected chi connectivity index (χ0v) is 10.9. The molecule has 106 valence electrons. The molecule has 0 bridgehead atoms. The lowest BCUT2D eigenvalue weighted by Gasteiger charge is -2.09. The van der Waals surface area contributed by atoms with E-state index in [4.69, 9.17) is 5.11 Å². The molecule has 20 heavy (non-hydrogen) atoms. The molecule has 0 radical (unpaired) electrons. The lowest BCUT2D eigenvalue weighted by Crippen LogP contribution is -2.16.